The molecule has 0 saturated carbocycles. The lowest BCUT2D eigenvalue weighted by Gasteiger charge is -2.09. The fourth-order valence-electron chi connectivity index (χ4n) is 2.41. The molecule has 2 N–H and O–H groups in total. The Morgan fingerprint density at radius 3 is 2.63 bits per heavy atom. The second-order valence-corrected chi connectivity index (χ2v) is 7.34. The zero-order valence-corrected chi connectivity index (χ0v) is 16.6. The number of benzene rings is 2. The maximum atomic E-state index is 12.2. The Morgan fingerprint density at radius 1 is 1.19 bits per heavy atom. The zero-order chi connectivity index (χ0) is 19.4. The van der Waals surface area contributed by atoms with E-state index in [9.17, 15) is 9.90 Å². The number of phenols is 1. The summed E-state index contributed by atoms with van der Waals surface area (Å²) in [5.74, 6) is 0.794. The Labute approximate surface area is 170 Å². The quantitative estimate of drug-likeness (QED) is 0.562. The van der Waals surface area contributed by atoms with Crippen molar-refractivity contribution in [1.29, 1.82) is 0 Å². The van der Waals surface area contributed by atoms with Crippen molar-refractivity contribution in [2.24, 2.45) is 0 Å². The molecule has 0 atom stereocenters. The number of hydrogen-bond acceptors (Lipinski definition) is 5. The van der Waals surface area contributed by atoms with Gasteiger partial charge in [0, 0.05) is 17.1 Å². The molecule has 0 aliphatic carbocycles. The van der Waals surface area contributed by atoms with Gasteiger partial charge in [-0.2, -0.15) is 0 Å². The summed E-state index contributed by atoms with van der Waals surface area (Å²) in [5.41, 5.74) is 1.31. The molecule has 0 bridgehead atoms. The molecule has 6 nitrogen and oxygen atoms in total. The smallest absolute Gasteiger partial charge is 0.234 e. The molecule has 1 aromatic heterocycles. The fraction of sp³-hybridized carbons (Fsp3) is 0.167. The maximum absolute atomic E-state index is 12.2. The van der Waals surface area contributed by atoms with Gasteiger partial charge in [0.15, 0.2) is 11.0 Å². The number of aromatic hydroxyl groups is 1. The van der Waals surface area contributed by atoms with Crippen LogP contribution in [0.3, 0.4) is 0 Å². The molecule has 0 spiro atoms. The van der Waals surface area contributed by atoms with Gasteiger partial charge in [-0.25, -0.2) is 0 Å². The highest BCUT2D eigenvalue weighted by Crippen LogP contribution is 2.27. The van der Waals surface area contributed by atoms with E-state index in [1.54, 1.807) is 42.5 Å². The van der Waals surface area contributed by atoms with Gasteiger partial charge in [0.2, 0.25) is 5.91 Å². The molecule has 9 heteroatoms. The molecule has 0 saturated heterocycles. The molecule has 3 aromatic rings. The predicted molar refractivity (Wildman–Crippen MR) is 109 cm³/mol. The van der Waals surface area contributed by atoms with E-state index in [0.29, 0.717) is 33.3 Å². The number of aromatic nitrogens is 3. The molecule has 1 heterocycles. The average Bonchev–Trinajstić information content (AvgIpc) is 3.06. The van der Waals surface area contributed by atoms with Gasteiger partial charge in [0.05, 0.1) is 16.5 Å². The standard InChI is InChI=1S/C18H16Cl2N4O2S/c1-2-24-17(11-3-6-13(25)7-4-11)22-23-18(24)27-10-16(26)21-15-9-12(19)5-8-14(15)20/h3-9,25H,2,10H2,1H3,(H,21,26). The van der Waals surface area contributed by atoms with E-state index in [2.05, 4.69) is 15.5 Å². The van der Waals surface area contributed by atoms with Crippen molar-refractivity contribution in [2.45, 2.75) is 18.6 Å². The van der Waals surface area contributed by atoms with Crippen molar-refractivity contribution in [1.82, 2.24) is 14.8 Å². The molecule has 3 rings (SSSR count). The van der Waals surface area contributed by atoms with Crippen LogP contribution in [-0.4, -0.2) is 31.5 Å². The second-order valence-electron chi connectivity index (χ2n) is 5.56. The van der Waals surface area contributed by atoms with Gasteiger partial charge in [0.25, 0.3) is 0 Å². The van der Waals surface area contributed by atoms with Gasteiger partial charge in [-0.05, 0) is 49.4 Å². The van der Waals surface area contributed by atoms with Gasteiger partial charge < -0.3 is 15.0 Å². The van der Waals surface area contributed by atoms with Gasteiger partial charge in [-0.1, -0.05) is 35.0 Å². The highest BCUT2D eigenvalue weighted by molar-refractivity contribution is 7.99. The molecule has 0 aliphatic rings. The van der Waals surface area contributed by atoms with Gasteiger partial charge in [-0.15, -0.1) is 10.2 Å². The summed E-state index contributed by atoms with van der Waals surface area (Å²) in [6.07, 6.45) is 0. The van der Waals surface area contributed by atoms with Gasteiger partial charge in [0.1, 0.15) is 5.75 Å². The summed E-state index contributed by atoms with van der Waals surface area (Å²) in [6, 6.07) is 11.6. The topological polar surface area (TPSA) is 80.0 Å². The number of anilines is 1. The Hall–Kier alpha value is -2.22. The first-order valence-electron chi connectivity index (χ1n) is 8.08. The van der Waals surface area contributed by atoms with Crippen molar-refractivity contribution in [3.05, 3.63) is 52.5 Å². The molecule has 27 heavy (non-hydrogen) atoms. The SMILES string of the molecule is CCn1c(SCC(=O)Nc2cc(Cl)ccc2Cl)nnc1-c1ccc(O)cc1. The normalized spacial score (nSPS) is 10.8. The van der Waals surface area contributed by atoms with Crippen LogP contribution in [0.2, 0.25) is 10.0 Å². The summed E-state index contributed by atoms with van der Waals surface area (Å²) in [5, 5.41) is 22.1. The van der Waals surface area contributed by atoms with E-state index in [1.807, 2.05) is 11.5 Å². The van der Waals surface area contributed by atoms with Gasteiger partial charge >= 0.3 is 0 Å². The summed E-state index contributed by atoms with van der Waals surface area (Å²) >= 11 is 13.3. The van der Waals surface area contributed by atoms with Crippen LogP contribution in [0.15, 0.2) is 47.6 Å². The van der Waals surface area contributed by atoms with Crippen LogP contribution in [0.4, 0.5) is 5.69 Å². The molecule has 0 unspecified atom stereocenters. The number of amides is 1. The Balaban J connectivity index is 1.70. The first-order chi connectivity index (χ1) is 13.0. The first-order valence-corrected chi connectivity index (χ1v) is 9.82. The number of phenolic OH excluding ortho intramolecular Hbond substituents is 1. The Bertz CT molecular complexity index is 960. The van der Waals surface area contributed by atoms with Gasteiger partial charge in [-0.3, -0.25) is 4.79 Å². The van der Waals surface area contributed by atoms with Crippen LogP contribution in [0, 0.1) is 0 Å². The third-order valence-electron chi connectivity index (χ3n) is 3.69. The monoisotopic (exact) mass is 422 g/mol. The predicted octanol–water partition coefficient (Wildman–Crippen LogP) is 4.71. The number of carbonyl (C=O) groups is 1. The van der Waals surface area contributed by atoms with Crippen molar-refractivity contribution in [2.75, 3.05) is 11.1 Å². The number of thioether (sulfide) groups is 1. The van der Waals surface area contributed by atoms with E-state index in [4.69, 9.17) is 23.2 Å². The number of hydrogen-bond donors (Lipinski definition) is 2. The molecule has 0 radical (unpaired) electrons. The molecular weight excluding hydrogens is 407 g/mol. The van der Waals surface area contributed by atoms with E-state index in [0.717, 1.165) is 5.56 Å². The van der Waals surface area contributed by atoms with Crippen LogP contribution in [0.1, 0.15) is 6.92 Å². The lowest BCUT2D eigenvalue weighted by atomic mass is 10.2. The number of rotatable bonds is 6. The fourth-order valence-corrected chi connectivity index (χ4v) is 3.55. The van der Waals surface area contributed by atoms with Crippen LogP contribution in [0.25, 0.3) is 11.4 Å². The van der Waals surface area contributed by atoms with Crippen molar-refractivity contribution in [3.8, 4) is 17.1 Å². The minimum atomic E-state index is -0.221. The van der Waals surface area contributed by atoms with Crippen LogP contribution < -0.4 is 5.32 Å². The number of halogens is 2. The minimum Gasteiger partial charge on any atom is -0.508 e. The molecule has 0 aliphatic heterocycles. The lowest BCUT2D eigenvalue weighted by Crippen LogP contribution is -2.15. The molecule has 1 amide bonds. The summed E-state index contributed by atoms with van der Waals surface area (Å²) in [4.78, 5) is 12.2. The number of nitrogens with one attached hydrogen (secondary N) is 1. The molecule has 0 fully saturated rings. The summed E-state index contributed by atoms with van der Waals surface area (Å²) < 4.78 is 1.91. The maximum Gasteiger partial charge on any atom is 0.234 e. The van der Waals surface area contributed by atoms with Crippen molar-refractivity contribution in [3.63, 3.8) is 0 Å². The van der Waals surface area contributed by atoms with E-state index in [1.165, 1.54) is 11.8 Å². The largest absolute Gasteiger partial charge is 0.508 e. The first kappa shape index (κ1) is 19.5. The Kier molecular flexibility index (Phi) is 6.26. The van der Waals surface area contributed by atoms with Crippen LogP contribution in [-0.2, 0) is 11.3 Å². The van der Waals surface area contributed by atoms with Crippen LogP contribution >= 0.6 is 35.0 Å². The highest BCUT2D eigenvalue weighted by atomic mass is 35.5. The van der Waals surface area contributed by atoms with Crippen molar-refractivity contribution < 1.29 is 9.90 Å². The number of carbonyl (C=O) groups excluding carboxylic acids is 1. The molecular formula is C18H16Cl2N4O2S. The van der Waals surface area contributed by atoms with E-state index in [-0.39, 0.29) is 17.4 Å². The number of nitrogens with zero attached hydrogens (tertiary/aromatic N) is 3. The van der Waals surface area contributed by atoms with E-state index < -0.39 is 0 Å². The molecule has 2 aromatic carbocycles. The minimum absolute atomic E-state index is 0.149. The average molecular weight is 423 g/mol. The highest BCUT2D eigenvalue weighted by Gasteiger charge is 2.15. The third-order valence-corrected chi connectivity index (χ3v) is 5.22. The zero-order valence-electron chi connectivity index (χ0n) is 14.3. The Morgan fingerprint density at radius 2 is 1.93 bits per heavy atom. The second kappa shape index (κ2) is 8.65. The lowest BCUT2D eigenvalue weighted by molar-refractivity contribution is -0.113. The molecule has 140 valence electrons. The van der Waals surface area contributed by atoms with E-state index >= 15 is 0 Å². The van der Waals surface area contributed by atoms with Crippen molar-refractivity contribution >= 4 is 46.6 Å². The summed E-state index contributed by atoms with van der Waals surface area (Å²) in [7, 11) is 0. The third kappa shape index (κ3) is 4.74. The van der Waals surface area contributed by atoms with Crippen LogP contribution in [0.5, 0.6) is 5.75 Å². The summed E-state index contributed by atoms with van der Waals surface area (Å²) in [6.45, 7) is 2.62.